The van der Waals surface area contributed by atoms with Gasteiger partial charge in [-0.05, 0) is 49.6 Å². The van der Waals surface area contributed by atoms with Gasteiger partial charge in [-0.15, -0.1) is 0 Å². The fraction of sp³-hybridized carbons (Fsp3) is 0.278. The molecule has 2 aromatic rings. The summed E-state index contributed by atoms with van der Waals surface area (Å²) in [5, 5.41) is 12.7. The van der Waals surface area contributed by atoms with Crippen molar-refractivity contribution in [3.8, 4) is 0 Å². The minimum absolute atomic E-state index is 0.159. The summed E-state index contributed by atoms with van der Waals surface area (Å²) in [7, 11) is 0. The molecule has 1 amide bonds. The van der Waals surface area contributed by atoms with Gasteiger partial charge in [0, 0.05) is 5.56 Å². The molecule has 0 saturated carbocycles. The van der Waals surface area contributed by atoms with Crippen molar-refractivity contribution in [2.75, 3.05) is 6.61 Å². The first-order valence-corrected chi connectivity index (χ1v) is 7.02. The third kappa shape index (κ3) is 3.31. The number of hydrogen-bond acceptors (Lipinski definition) is 2. The van der Waals surface area contributed by atoms with E-state index in [1.165, 1.54) is 0 Å². The molecule has 1 atom stereocenters. The number of aliphatic hydroxyl groups excluding tert-OH is 1. The molecule has 110 valence electrons. The largest absolute Gasteiger partial charge is 0.394 e. The third-order valence-corrected chi connectivity index (χ3v) is 3.89. The van der Waals surface area contributed by atoms with Crippen LogP contribution in [0.5, 0.6) is 0 Å². The van der Waals surface area contributed by atoms with Gasteiger partial charge in [-0.1, -0.05) is 36.4 Å². The molecule has 1 unspecified atom stereocenters. The van der Waals surface area contributed by atoms with E-state index in [0.29, 0.717) is 5.56 Å². The molecule has 21 heavy (non-hydrogen) atoms. The molecule has 0 aromatic heterocycles. The monoisotopic (exact) mass is 283 g/mol. The normalized spacial score (nSPS) is 13.5. The van der Waals surface area contributed by atoms with Crippen LogP contribution in [-0.4, -0.2) is 17.6 Å². The van der Waals surface area contributed by atoms with Crippen molar-refractivity contribution < 1.29 is 9.90 Å². The molecule has 0 bridgehead atoms. The maximum Gasteiger partial charge on any atom is 0.252 e. The molecule has 3 heteroatoms. The van der Waals surface area contributed by atoms with Gasteiger partial charge in [0.25, 0.3) is 5.91 Å². The quantitative estimate of drug-likeness (QED) is 0.906. The summed E-state index contributed by atoms with van der Waals surface area (Å²) in [6, 6.07) is 15.1. The van der Waals surface area contributed by atoms with Gasteiger partial charge in [-0.25, -0.2) is 0 Å². The molecule has 3 nitrogen and oxygen atoms in total. The van der Waals surface area contributed by atoms with Gasteiger partial charge in [0.15, 0.2) is 0 Å². The molecule has 0 radical (unpaired) electrons. The first-order chi connectivity index (χ1) is 9.96. The van der Waals surface area contributed by atoms with Crippen LogP contribution in [0.25, 0.3) is 0 Å². The average Bonchev–Trinajstić information content (AvgIpc) is 2.50. The SMILES string of the molecule is Cc1ccc(C(=O)NC(C)(CO)c2ccccc2)cc1C. The van der Waals surface area contributed by atoms with Crippen LogP contribution in [0.4, 0.5) is 0 Å². The minimum Gasteiger partial charge on any atom is -0.394 e. The minimum atomic E-state index is -0.795. The van der Waals surface area contributed by atoms with Crippen LogP contribution in [0, 0.1) is 13.8 Å². The second kappa shape index (κ2) is 6.10. The number of nitrogens with one attached hydrogen (secondary N) is 1. The molecule has 2 rings (SSSR count). The lowest BCUT2D eigenvalue weighted by molar-refractivity contribution is 0.0849. The summed E-state index contributed by atoms with van der Waals surface area (Å²) in [6.07, 6.45) is 0. The van der Waals surface area contributed by atoms with Crippen molar-refractivity contribution in [1.82, 2.24) is 5.32 Å². The first kappa shape index (κ1) is 15.3. The summed E-state index contributed by atoms with van der Waals surface area (Å²) >= 11 is 0. The van der Waals surface area contributed by atoms with Crippen LogP contribution < -0.4 is 5.32 Å². The second-order valence-corrected chi connectivity index (χ2v) is 5.61. The van der Waals surface area contributed by atoms with Crippen LogP contribution in [0.2, 0.25) is 0 Å². The standard InChI is InChI=1S/C18H21NO2/c1-13-9-10-15(11-14(13)2)17(21)19-18(3,12-20)16-7-5-4-6-8-16/h4-11,20H,12H2,1-3H3,(H,19,21). The number of rotatable bonds is 4. The Kier molecular flexibility index (Phi) is 4.43. The molecule has 0 saturated heterocycles. The van der Waals surface area contributed by atoms with Gasteiger partial charge < -0.3 is 10.4 Å². The van der Waals surface area contributed by atoms with Gasteiger partial charge >= 0.3 is 0 Å². The lowest BCUT2D eigenvalue weighted by Crippen LogP contribution is -2.46. The molecular formula is C18H21NO2. The van der Waals surface area contributed by atoms with Crippen LogP contribution in [0.15, 0.2) is 48.5 Å². The molecule has 0 aliphatic heterocycles. The zero-order chi connectivity index (χ0) is 15.5. The van der Waals surface area contributed by atoms with Crippen molar-refractivity contribution in [2.45, 2.75) is 26.3 Å². The highest BCUT2D eigenvalue weighted by Crippen LogP contribution is 2.21. The maximum absolute atomic E-state index is 12.4. The molecule has 2 N–H and O–H groups in total. The number of benzene rings is 2. The Morgan fingerprint density at radius 2 is 1.76 bits per heavy atom. The van der Waals surface area contributed by atoms with Gasteiger partial charge in [0.2, 0.25) is 0 Å². The number of hydrogen-bond donors (Lipinski definition) is 2. The van der Waals surface area contributed by atoms with E-state index in [1.54, 1.807) is 6.07 Å². The average molecular weight is 283 g/mol. The first-order valence-electron chi connectivity index (χ1n) is 7.02. The summed E-state index contributed by atoms with van der Waals surface area (Å²) in [5.41, 5.74) is 2.92. The molecular weight excluding hydrogens is 262 g/mol. The number of aryl methyl sites for hydroxylation is 2. The van der Waals surface area contributed by atoms with Crippen LogP contribution >= 0.6 is 0 Å². The van der Waals surface area contributed by atoms with E-state index in [0.717, 1.165) is 16.7 Å². The van der Waals surface area contributed by atoms with Crippen molar-refractivity contribution in [3.05, 3.63) is 70.8 Å². The van der Waals surface area contributed by atoms with Crippen LogP contribution in [0.1, 0.15) is 34.0 Å². The number of amides is 1. The van der Waals surface area contributed by atoms with E-state index in [2.05, 4.69) is 5.32 Å². The van der Waals surface area contributed by atoms with E-state index < -0.39 is 5.54 Å². The van der Waals surface area contributed by atoms with Crippen LogP contribution in [0.3, 0.4) is 0 Å². The van der Waals surface area contributed by atoms with E-state index in [1.807, 2.05) is 63.2 Å². The Balaban J connectivity index is 2.26. The predicted octanol–water partition coefficient (Wildman–Crippen LogP) is 2.94. The second-order valence-electron chi connectivity index (χ2n) is 5.61. The molecule has 0 heterocycles. The fourth-order valence-corrected chi connectivity index (χ4v) is 2.21. The lowest BCUT2D eigenvalue weighted by Gasteiger charge is -2.29. The molecule has 2 aromatic carbocycles. The Labute approximate surface area is 125 Å². The van der Waals surface area contributed by atoms with Crippen molar-refractivity contribution >= 4 is 5.91 Å². The van der Waals surface area contributed by atoms with Gasteiger partial charge in [0.05, 0.1) is 12.1 Å². The van der Waals surface area contributed by atoms with E-state index in [4.69, 9.17) is 0 Å². The van der Waals surface area contributed by atoms with Gasteiger partial charge in [-0.2, -0.15) is 0 Å². The summed E-state index contributed by atoms with van der Waals surface area (Å²) in [6.45, 7) is 5.66. The van der Waals surface area contributed by atoms with E-state index in [9.17, 15) is 9.90 Å². The summed E-state index contributed by atoms with van der Waals surface area (Å²) in [5.74, 6) is -0.182. The molecule has 0 aliphatic rings. The smallest absolute Gasteiger partial charge is 0.252 e. The Hall–Kier alpha value is -2.13. The zero-order valence-electron chi connectivity index (χ0n) is 12.7. The van der Waals surface area contributed by atoms with Gasteiger partial charge in [0.1, 0.15) is 0 Å². The maximum atomic E-state index is 12.4. The fourth-order valence-electron chi connectivity index (χ4n) is 2.21. The van der Waals surface area contributed by atoms with E-state index in [-0.39, 0.29) is 12.5 Å². The summed E-state index contributed by atoms with van der Waals surface area (Å²) in [4.78, 5) is 12.4. The van der Waals surface area contributed by atoms with Crippen LogP contribution in [-0.2, 0) is 5.54 Å². The molecule has 0 aliphatic carbocycles. The van der Waals surface area contributed by atoms with Gasteiger partial charge in [-0.3, -0.25) is 4.79 Å². The highest BCUT2D eigenvalue weighted by atomic mass is 16.3. The van der Waals surface area contributed by atoms with E-state index >= 15 is 0 Å². The molecule has 0 spiro atoms. The Bertz CT molecular complexity index is 637. The number of carbonyl (C=O) groups is 1. The topological polar surface area (TPSA) is 49.3 Å². The Morgan fingerprint density at radius 1 is 1.10 bits per heavy atom. The highest BCUT2D eigenvalue weighted by Gasteiger charge is 2.28. The number of carbonyl (C=O) groups excluding carboxylic acids is 1. The predicted molar refractivity (Wildman–Crippen MR) is 84.3 cm³/mol. The highest BCUT2D eigenvalue weighted by molar-refractivity contribution is 5.95. The summed E-state index contributed by atoms with van der Waals surface area (Å²) < 4.78 is 0. The van der Waals surface area contributed by atoms with Crippen molar-refractivity contribution in [2.24, 2.45) is 0 Å². The third-order valence-electron chi connectivity index (χ3n) is 3.89. The van der Waals surface area contributed by atoms with Crippen molar-refractivity contribution in [1.29, 1.82) is 0 Å². The number of aliphatic hydroxyl groups is 1. The Morgan fingerprint density at radius 3 is 2.33 bits per heavy atom. The van der Waals surface area contributed by atoms with Crippen molar-refractivity contribution in [3.63, 3.8) is 0 Å². The lowest BCUT2D eigenvalue weighted by atomic mass is 9.92. The zero-order valence-corrected chi connectivity index (χ0v) is 12.7. The molecule has 0 fully saturated rings.